The molecule has 0 radical (unpaired) electrons. The summed E-state index contributed by atoms with van der Waals surface area (Å²) in [5, 5.41) is 2.93. The fourth-order valence-corrected chi connectivity index (χ4v) is 2.78. The van der Waals surface area contributed by atoms with Gasteiger partial charge in [0.25, 0.3) is 5.91 Å². The number of rotatable bonds is 9. The van der Waals surface area contributed by atoms with Crippen molar-refractivity contribution >= 4 is 11.6 Å². The van der Waals surface area contributed by atoms with Crippen molar-refractivity contribution in [1.82, 2.24) is 4.98 Å². The summed E-state index contributed by atoms with van der Waals surface area (Å²) in [5.74, 6) is 1.15. The molecule has 5 nitrogen and oxygen atoms in total. The van der Waals surface area contributed by atoms with Crippen molar-refractivity contribution in [3.63, 3.8) is 0 Å². The van der Waals surface area contributed by atoms with Crippen molar-refractivity contribution in [3.8, 4) is 5.88 Å². The number of nitrogens with one attached hydrogen (secondary N) is 1. The summed E-state index contributed by atoms with van der Waals surface area (Å²) in [6.45, 7) is 10.9. The van der Waals surface area contributed by atoms with Gasteiger partial charge in [0.1, 0.15) is 5.60 Å². The summed E-state index contributed by atoms with van der Waals surface area (Å²) in [5.41, 5.74) is -0.173. The van der Waals surface area contributed by atoms with Crippen LogP contribution in [-0.2, 0) is 9.53 Å². The Bertz CT molecular complexity index is 474. The molecule has 0 unspecified atom stereocenters. The third-order valence-electron chi connectivity index (χ3n) is 3.57. The summed E-state index contributed by atoms with van der Waals surface area (Å²) < 4.78 is 11.0. The normalized spacial score (nSPS) is 11.8. The minimum atomic E-state index is -0.819. The van der Waals surface area contributed by atoms with Crippen LogP contribution < -0.4 is 10.1 Å². The van der Waals surface area contributed by atoms with Gasteiger partial charge >= 0.3 is 0 Å². The molecule has 0 saturated heterocycles. The number of ether oxygens (including phenoxy) is 2. The van der Waals surface area contributed by atoms with Gasteiger partial charge in [0, 0.05) is 13.2 Å². The van der Waals surface area contributed by atoms with E-state index in [1.807, 2.05) is 6.92 Å². The average molecular weight is 322 g/mol. The Kier molecular flexibility index (Phi) is 7.49. The fourth-order valence-electron chi connectivity index (χ4n) is 2.78. The minimum Gasteiger partial charge on any atom is -0.478 e. The third kappa shape index (κ3) is 5.82. The minimum absolute atomic E-state index is 0.117. The monoisotopic (exact) mass is 322 g/mol. The van der Waals surface area contributed by atoms with Crippen LogP contribution in [-0.4, -0.2) is 30.2 Å². The number of methoxy groups -OCH3 is 1. The largest absolute Gasteiger partial charge is 0.478 e. The van der Waals surface area contributed by atoms with Gasteiger partial charge in [-0.2, -0.15) is 0 Å². The Labute approximate surface area is 139 Å². The Morgan fingerprint density at radius 1 is 1.22 bits per heavy atom. The molecule has 0 spiro atoms. The van der Waals surface area contributed by atoms with E-state index in [1.165, 1.54) is 0 Å². The van der Waals surface area contributed by atoms with Gasteiger partial charge < -0.3 is 14.8 Å². The van der Waals surface area contributed by atoms with Gasteiger partial charge in [-0.3, -0.25) is 4.79 Å². The number of carbonyl (C=O) groups excluding carboxylic acids is 1. The predicted molar refractivity (Wildman–Crippen MR) is 92.7 cm³/mol. The van der Waals surface area contributed by atoms with Crippen LogP contribution >= 0.6 is 0 Å². The van der Waals surface area contributed by atoms with Crippen molar-refractivity contribution in [2.45, 2.75) is 53.1 Å². The van der Waals surface area contributed by atoms with Gasteiger partial charge in [0.15, 0.2) is 0 Å². The number of carbonyl (C=O) groups is 1. The highest BCUT2D eigenvalue weighted by Gasteiger charge is 2.39. The molecule has 1 amide bonds. The maximum Gasteiger partial charge on any atom is 0.256 e. The molecule has 130 valence electrons. The standard InChI is InChI=1S/C18H30N2O3/c1-7-23-16-9-8-15(12-19-16)20-17(21)18(22-6,10-13(2)3)11-14(4)5/h8-9,12-14H,7,10-11H2,1-6H3,(H,20,21). The Hall–Kier alpha value is -1.62. The molecule has 0 bridgehead atoms. The zero-order chi connectivity index (χ0) is 17.5. The molecule has 0 aliphatic rings. The molecule has 1 N–H and O–H groups in total. The van der Waals surface area contributed by atoms with E-state index in [0.717, 1.165) is 0 Å². The van der Waals surface area contributed by atoms with Crippen molar-refractivity contribution in [1.29, 1.82) is 0 Å². The first-order chi connectivity index (χ1) is 10.8. The maximum absolute atomic E-state index is 12.9. The number of hydrogen-bond donors (Lipinski definition) is 1. The number of amides is 1. The van der Waals surface area contributed by atoms with Gasteiger partial charge in [0.2, 0.25) is 5.88 Å². The lowest BCUT2D eigenvalue weighted by Gasteiger charge is -2.34. The maximum atomic E-state index is 12.9. The van der Waals surface area contributed by atoms with Crippen LogP contribution in [0, 0.1) is 11.8 Å². The van der Waals surface area contributed by atoms with Gasteiger partial charge in [-0.1, -0.05) is 27.7 Å². The van der Waals surface area contributed by atoms with E-state index in [1.54, 1.807) is 25.4 Å². The summed E-state index contributed by atoms with van der Waals surface area (Å²) in [4.78, 5) is 17.0. The quantitative estimate of drug-likeness (QED) is 0.749. The first-order valence-electron chi connectivity index (χ1n) is 8.28. The van der Waals surface area contributed by atoms with Crippen molar-refractivity contribution < 1.29 is 14.3 Å². The lowest BCUT2D eigenvalue weighted by Crippen LogP contribution is -2.46. The second-order valence-electron chi connectivity index (χ2n) is 6.67. The molecule has 1 aromatic heterocycles. The topological polar surface area (TPSA) is 60.5 Å². The van der Waals surface area contributed by atoms with Crippen LogP contribution in [0.15, 0.2) is 18.3 Å². The highest BCUT2D eigenvalue weighted by atomic mass is 16.5. The first-order valence-corrected chi connectivity index (χ1v) is 8.28. The summed E-state index contributed by atoms with van der Waals surface area (Å²) in [7, 11) is 1.61. The summed E-state index contributed by atoms with van der Waals surface area (Å²) in [6, 6.07) is 3.54. The van der Waals surface area contributed by atoms with E-state index in [-0.39, 0.29) is 5.91 Å². The van der Waals surface area contributed by atoms with Crippen LogP contribution in [0.4, 0.5) is 5.69 Å². The molecule has 0 atom stereocenters. The smallest absolute Gasteiger partial charge is 0.256 e. The summed E-state index contributed by atoms with van der Waals surface area (Å²) >= 11 is 0. The van der Waals surface area contributed by atoms with E-state index in [0.29, 0.717) is 42.9 Å². The predicted octanol–water partition coefficient (Wildman–Crippen LogP) is 3.90. The Balaban J connectivity index is 2.91. The molecular formula is C18H30N2O3. The van der Waals surface area contributed by atoms with E-state index in [2.05, 4.69) is 38.0 Å². The second kappa shape index (κ2) is 8.87. The molecule has 0 aliphatic carbocycles. The number of nitrogens with zero attached hydrogens (tertiary/aromatic N) is 1. The van der Waals surface area contributed by atoms with E-state index < -0.39 is 5.60 Å². The van der Waals surface area contributed by atoms with Gasteiger partial charge in [-0.05, 0) is 37.7 Å². The van der Waals surface area contributed by atoms with Crippen molar-refractivity contribution in [3.05, 3.63) is 18.3 Å². The molecule has 1 rings (SSSR count). The lowest BCUT2D eigenvalue weighted by molar-refractivity contribution is -0.142. The molecular weight excluding hydrogens is 292 g/mol. The van der Waals surface area contributed by atoms with Crippen LogP contribution in [0.3, 0.4) is 0 Å². The van der Waals surface area contributed by atoms with Crippen LogP contribution in [0.25, 0.3) is 0 Å². The van der Waals surface area contributed by atoms with Crippen LogP contribution in [0.1, 0.15) is 47.5 Å². The highest BCUT2D eigenvalue weighted by molar-refractivity contribution is 5.97. The average Bonchev–Trinajstić information content (AvgIpc) is 2.47. The fraction of sp³-hybridized carbons (Fsp3) is 0.667. The molecule has 1 heterocycles. The number of aromatic nitrogens is 1. The first kappa shape index (κ1) is 19.4. The van der Waals surface area contributed by atoms with Crippen LogP contribution in [0.2, 0.25) is 0 Å². The third-order valence-corrected chi connectivity index (χ3v) is 3.57. The Morgan fingerprint density at radius 3 is 2.22 bits per heavy atom. The molecule has 0 fully saturated rings. The zero-order valence-electron chi connectivity index (χ0n) is 15.2. The van der Waals surface area contributed by atoms with Gasteiger partial charge in [-0.15, -0.1) is 0 Å². The van der Waals surface area contributed by atoms with Crippen molar-refractivity contribution in [2.24, 2.45) is 11.8 Å². The van der Waals surface area contributed by atoms with E-state index in [4.69, 9.17) is 9.47 Å². The van der Waals surface area contributed by atoms with Gasteiger partial charge in [0.05, 0.1) is 18.5 Å². The molecule has 23 heavy (non-hydrogen) atoms. The molecule has 0 aliphatic heterocycles. The molecule has 5 heteroatoms. The summed E-state index contributed by atoms with van der Waals surface area (Å²) in [6.07, 6.45) is 2.96. The van der Waals surface area contributed by atoms with Crippen molar-refractivity contribution in [2.75, 3.05) is 19.0 Å². The number of anilines is 1. The molecule has 1 aromatic rings. The number of pyridine rings is 1. The zero-order valence-corrected chi connectivity index (χ0v) is 15.2. The Morgan fingerprint density at radius 2 is 1.83 bits per heavy atom. The van der Waals surface area contributed by atoms with E-state index in [9.17, 15) is 4.79 Å². The van der Waals surface area contributed by atoms with Crippen LogP contribution in [0.5, 0.6) is 5.88 Å². The number of hydrogen-bond acceptors (Lipinski definition) is 4. The highest BCUT2D eigenvalue weighted by Crippen LogP contribution is 2.30. The second-order valence-corrected chi connectivity index (χ2v) is 6.67. The SMILES string of the molecule is CCOc1ccc(NC(=O)C(CC(C)C)(CC(C)C)OC)cn1. The molecule has 0 saturated carbocycles. The molecule has 0 aromatic carbocycles. The lowest BCUT2D eigenvalue weighted by atomic mass is 9.84. The van der Waals surface area contributed by atoms with Gasteiger partial charge in [-0.25, -0.2) is 4.98 Å². The van der Waals surface area contributed by atoms with E-state index >= 15 is 0 Å².